The fourth-order valence-electron chi connectivity index (χ4n) is 4.50. The number of carbonyl (C=O) groups is 2. The summed E-state index contributed by atoms with van der Waals surface area (Å²) in [6.45, 7) is 2.59. The van der Waals surface area contributed by atoms with Crippen molar-refractivity contribution in [3.8, 4) is 17.6 Å². The van der Waals surface area contributed by atoms with Gasteiger partial charge in [-0.1, -0.05) is 24.3 Å². The third kappa shape index (κ3) is 3.99. The predicted molar refractivity (Wildman–Crippen MR) is 115 cm³/mol. The van der Waals surface area contributed by atoms with Gasteiger partial charge in [0.05, 0.1) is 17.7 Å². The summed E-state index contributed by atoms with van der Waals surface area (Å²) in [5, 5.41) is 12.1. The quantitative estimate of drug-likeness (QED) is 0.804. The van der Waals surface area contributed by atoms with Crippen molar-refractivity contribution in [3.05, 3.63) is 59.7 Å². The minimum Gasteiger partial charge on any atom is -0.456 e. The van der Waals surface area contributed by atoms with Gasteiger partial charge in [0.2, 0.25) is 5.91 Å². The van der Waals surface area contributed by atoms with E-state index in [0.717, 1.165) is 12.0 Å². The van der Waals surface area contributed by atoms with E-state index in [0.29, 0.717) is 43.2 Å². The number of fused-ring (bicyclic) bond motifs is 1. The van der Waals surface area contributed by atoms with Crippen LogP contribution in [-0.2, 0) is 9.53 Å². The number of nitrogens with zero attached hydrogens (tertiary/aromatic N) is 3. The third-order valence-corrected chi connectivity index (χ3v) is 6.33. The highest BCUT2D eigenvalue weighted by molar-refractivity contribution is 5.79. The van der Waals surface area contributed by atoms with Gasteiger partial charge in [0.25, 0.3) is 0 Å². The van der Waals surface area contributed by atoms with Crippen molar-refractivity contribution in [3.63, 3.8) is 0 Å². The Morgan fingerprint density at radius 1 is 1.09 bits per heavy atom. The molecule has 2 atom stereocenters. The molecule has 0 bridgehead atoms. The van der Waals surface area contributed by atoms with Crippen molar-refractivity contribution >= 4 is 11.9 Å². The SMILES string of the molecule is N#Cc1ccccc1Oc1ccc(C2CN(C(=O)N3CC[C@@H]4OCC(=O)N[C@@H]4C3)C2)cc1. The molecule has 8 heteroatoms. The number of hydrogen-bond donors (Lipinski definition) is 1. The Balaban J connectivity index is 1.15. The molecular weight excluding hydrogens is 408 g/mol. The third-order valence-electron chi connectivity index (χ3n) is 6.33. The monoisotopic (exact) mass is 432 g/mol. The van der Waals surface area contributed by atoms with Crippen LogP contribution >= 0.6 is 0 Å². The Hall–Kier alpha value is -3.57. The van der Waals surface area contributed by atoms with Gasteiger partial charge in [-0.2, -0.15) is 5.26 Å². The van der Waals surface area contributed by atoms with Gasteiger partial charge in [-0.25, -0.2) is 4.79 Å². The van der Waals surface area contributed by atoms with Gasteiger partial charge in [0, 0.05) is 32.1 Å². The summed E-state index contributed by atoms with van der Waals surface area (Å²) in [7, 11) is 0. The number of benzene rings is 2. The molecule has 8 nitrogen and oxygen atoms in total. The lowest BCUT2D eigenvalue weighted by Gasteiger charge is -2.46. The zero-order valence-electron chi connectivity index (χ0n) is 17.6. The van der Waals surface area contributed by atoms with Gasteiger partial charge in [-0.3, -0.25) is 4.79 Å². The van der Waals surface area contributed by atoms with Gasteiger partial charge in [-0.05, 0) is 36.2 Å². The molecule has 3 saturated heterocycles. The summed E-state index contributed by atoms with van der Waals surface area (Å²) in [5.41, 5.74) is 1.65. The number of ether oxygens (including phenoxy) is 2. The summed E-state index contributed by atoms with van der Waals surface area (Å²) in [4.78, 5) is 28.1. The van der Waals surface area contributed by atoms with Crippen LogP contribution in [0.2, 0.25) is 0 Å². The van der Waals surface area contributed by atoms with E-state index in [2.05, 4.69) is 11.4 Å². The summed E-state index contributed by atoms with van der Waals surface area (Å²) in [5.74, 6) is 1.37. The first kappa shape index (κ1) is 20.3. The highest BCUT2D eigenvalue weighted by atomic mass is 16.5. The number of urea groups is 1. The van der Waals surface area contributed by atoms with Gasteiger partial charge < -0.3 is 24.6 Å². The minimum atomic E-state index is -0.121. The van der Waals surface area contributed by atoms with Gasteiger partial charge in [-0.15, -0.1) is 0 Å². The van der Waals surface area contributed by atoms with Crippen LogP contribution in [0.1, 0.15) is 23.5 Å². The molecule has 3 amide bonds. The lowest BCUT2D eigenvalue weighted by molar-refractivity contribution is -0.139. The van der Waals surface area contributed by atoms with Crippen molar-refractivity contribution in [1.29, 1.82) is 5.26 Å². The molecular formula is C24H24N4O4. The van der Waals surface area contributed by atoms with E-state index in [4.69, 9.17) is 9.47 Å². The Kier molecular flexibility index (Phi) is 5.41. The number of likely N-dealkylation sites (tertiary alicyclic amines) is 2. The molecule has 0 aromatic heterocycles. The first-order valence-corrected chi connectivity index (χ1v) is 10.8. The Morgan fingerprint density at radius 2 is 1.88 bits per heavy atom. The average molecular weight is 432 g/mol. The van der Waals surface area contributed by atoms with E-state index in [1.165, 1.54) is 0 Å². The minimum absolute atomic E-state index is 0.00162. The molecule has 32 heavy (non-hydrogen) atoms. The number of nitrogens with one attached hydrogen (secondary N) is 1. The van der Waals surface area contributed by atoms with Crippen LogP contribution < -0.4 is 10.1 Å². The number of hydrogen-bond acceptors (Lipinski definition) is 5. The second-order valence-electron chi connectivity index (χ2n) is 8.42. The van der Waals surface area contributed by atoms with Crippen molar-refractivity contribution in [2.75, 3.05) is 32.8 Å². The number of rotatable bonds is 3. The molecule has 164 valence electrons. The van der Waals surface area contributed by atoms with Gasteiger partial charge >= 0.3 is 6.03 Å². The van der Waals surface area contributed by atoms with Crippen LogP contribution in [0.5, 0.6) is 11.5 Å². The summed E-state index contributed by atoms with van der Waals surface area (Å²) in [6.07, 6.45) is 0.742. The van der Waals surface area contributed by atoms with Crippen molar-refractivity contribution in [1.82, 2.24) is 15.1 Å². The normalized spacial score (nSPS) is 22.9. The molecule has 3 aliphatic rings. The summed E-state index contributed by atoms with van der Waals surface area (Å²) in [6, 6.07) is 17.0. The molecule has 0 unspecified atom stereocenters. The van der Waals surface area contributed by atoms with Crippen LogP contribution in [-0.4, -0.2) is 66.7 Å². The average Bonchev–Trinajstić information content (AvgIpc) is 2.79. The van der Waals surface area contributed by atoms with Crippen LogP contribution in [0.15, 0.2) is 48.5 Å². The molecule has 2 aromatic rings. The molecule has 2 aromatic carbocycles. The van der Waals surface area contributed by atoms with Crippen LogP contribution in [0, 0.1) is 11.3 Å². The van der Waals surface area contributed by atoms with Crippen LogP contribution in [0.25, 0.3) is 0 Å². The summed E-state index contributed by atoms with van der Waals surface area (Å²) >= 11 is 0. The largest absolute Gasteiger partial charge is 0.456 e. The number of nitriles is 1. The zero-order valence-corrected chi connectivity index (χ0v) is 17.6. The number of morpholine rings is 1. The second kappa shape index (κ2) is 8.52. The maximum atomic E-state index is 12.9. The number of para-hydroxylation sites is 1. The topological polar surface area (TPSA) is 94.9 Å². The van der Waals surface area contributed by atoms with Gasteiger partial charge in [0.1, 0.15) is 24.2 Å². The van der Waals surface area contributed by atoms with E-state index in [-0.39, 0.29) is 36.6 Å². The second-order valence-corrected chi connectivity index (χ2v) is 8.42. The molecule has 0 aliphatic carbocycles. The maximum absolute atomic E-state index is 12.9. The first-order chi connectivity index (χ1) is 15.6. The zero-order chi connectivity index (χ0) is 22.1. The lowest BCUT2D eigenvalue weighted by Crippen LogP contribution is -2.63. The number of carbonyl (C=O) groups excluding carboxylic acids is 2. The van der Waals surface area contributed by atoms with Crippen molar-refractivity contribution in [2.24, 2.45) is 0 Å². The molecule has 0 saturated carbocycles. The van der Waals surface area contributed by atoms with E-state index < -0.39 is 0 Å². The Labute approximate surface area is 186 Å². The van der Waals surface area contributed by atoms with Crippen molar-refractivity contribution < 1.29 is 19.1 Å². The molecule has 0 spiro atoms. The molecule has 1 N–H and O–H groups in total. The lowest BCUT2D eigenvalue weighted by atomic mass is 9.91. The first-order valence-electron chi connectivity index (χ1n) is 10.8. The Morgan fingerprint density at radius 3 is 2.66 bits per heavy atom. The van der Waals surface area contributed by atoms with Gasteiger partial charge in [0.15, 0.2) is 0 Å². The van der Waals surface area contributed by atoms with E-state index in [1.807, 2.05) is 40.1 Å². The van der Waals surface area contributed by atoms with Crippen LogP contribution in [0.4, 0.5) is 4.79 Å². The highest BCUT2D eigenvalue weighted by Crippen LogP contribution is 2.31. The Bertz CT molecular complexity index is 1060. The number of amides is 3. The maximum Gasteiger partial charge on any atom is 0.320 e. The number of piperidine rings is 1. The summed E-state index contributed by atoms with van der Waals surface area (Å²) < 4.78 is 11.4. The highest BCUT2D eigenvalue weighted by Gasteiger charge is 2.40. The van der Waals surface area contributed by atoms with E-state index in [1.54, 1.807) is 18.2 Å². The predicted octanol–water partition coefficient (Wildman–Crippen LogP) is 2.46. The smallest absolute Gasteiger partial charge is 0.320 e. The molecule has 3 heterocycles. The molecule has 0 radical (unpaired) electrons. The fraction of sp³-hybridized carbons (Fsp3) is 0.375. The molecule has 3 aliphatic heterocycles. The van der Waals surface area contributed by atoms with E-state index >= 15 is 0 Å². The van der Waals surface area contributed by atoms with Crippen LogP contribution in [0.3, 0.4) is 0 Å². The molecule has 5 rings (SSSR count). The standard InChI is InChI=1S/C24H24N4O4/c25-11-17-3-1-2-4-21(17)32-19-7-5-16(6-8-19)18-12-28(13-18)24(30)27-10-9-22-20(14-27)26-23(29)15-31-22/h1-8,18,20,22H,9-10,12-15H2,(H,26,29)/t20-,22+/m1/s1. The van der Waals surface area contributed by atoms with Crippen molar-refractivity contribution in [2.45, 2.75) is 24.5 Å². The fourth-order valence-corrected chi connectivity index (χ4v) is 4.50. The molecule has 3 fully saturated rings. The van der Waals surface area contributed by atoms with E-state index in [9.17, 15) is 14.9 Å².